The molecule has 0 bridgehead atoms. The maximum Gasteiger partial charge on any atom is 0.281 e. The molecule has 2 fully saturated rings. The Hall–Kier alpha value is -3.83. The minimum atomic E-state index is -1.03. The van der Waals surface area contributed by atoms with Crippen LogP contribution in [0.1, 0.15) is 43.2 Å². The first-order valence-corrected chi connectivity index (χ1v) is 12.5. The molecule has 0 unspecified atom stereocenters. The lowest BCUT2D eigenvalue weighted by molar-refractivity contribution is -0.130. The Morgan fingerprint density at radius 1 is 1.18 bits per heavy atom. The summed E-state index contributed by atoms with van der Waals surface area (Å²) in [6, 6.07) is 5.38. The maximum absolute atomic E-state index is 14.8. The molecule has 38 heavy (non-hydrogen) atoms. The van der Waals surface area contributed by atoms with Crippen LogP contribution >= 0.6 is 0 Å². The Balaban J connectivity index is 1.45. The number of nitrogens with zero attached hydrogens (tertiary/aromatic N) is 2. The maximum atomic E-state index is 14.8. The van der Waals surface area contributed by atoms with Gasteiger partial charge < -0.3 is 30.5 Å². The van der Waals surface area contributed by atoms with Gasteiger partial charge in [-0.2, -0.15) is 0 Å². The molecule has 2 aromatic carbocycles. The van der Waals surface area contributed by atoms with Gasteiger partial charge >= 0.3 is 0 Å². The van der Waals surface area contributed by atoms with Crippen LogP contribution in [-0.4, -0.2) is 34.2 Å². The molecule has 0 atom stereocenters. The molecular formula is C27H27F2N5O4. The minimum Gasteiger partial charge on any atom is -0.438 e. The molecule has 9 nitrogen and oxygen atoms in total. The van der Waals surface area contributed by atoms with E-state index >= 15 is 0 Å². The Labute approximate surface area is 215 Å². The number of nitrogens with two attached hydrogens (primary N) is 2. The average molecular weight is 524 g/mol. The molecule has 2 aliphatic rings. The predicted molar refractivity (Wildman–Crippen MR) is 137 cm³/mol. The fourth-order valence-electron chi connectivity index (χ4n) is 5.21. The van der Waals surface area contributed by atoms with Gasteiger partial charge in [0, 0.05) is 36.3 Å². The largest absolute Gasteiger partial charge is 0.438 e. The van der Waals surface area contributed by atoms with E-state index < -0.39 is 17.2 Å². The molecule has 5 N–H and O–H groups in total. The van der Waals surface area contributed by atoms with Crippen LogP contribution in [0.5, 0.6) is 0 Å². The molecule has 3 heterocycles. The molecular weight excluding hydrogens is 496 g/mol. The van der Waals surface area contributed by atoms with E-state index in [0.29, 0.717) is 48.1 Å². The van der Waals surface area contributed by atoms with Crippen molar-refractivity contribution in [1.29, 1.82) is 0 Å². The third-order valence-electron chi connectivity index (χ3n) is 7.54. The number of aromatic nitrogens is 2. The molecule has 6 rings (SSSR count). The monoisotopic (exact) mass is 523 g/mol. The fraction of sp³-hybridized carbons (Fsp3) is 0.370. The molecule has 0 radical (unpaired) electrons. The Morgan fingerprint density at radius 2 is 1.92 bits per heavy atom. The van der Waals surface area contributed by atoms with E-state index in [0.717, 1.165) is 25.0 Å². The third-order valence-corrected chi connectivity index (χ3v) is 7.54. The standard InChI is InChI=1S/C27H27F2N5O4/c1-13-15(17-10-19(29)20(30)11-18(17)28)4-5-16-23(13)34(14-2-3-14)25(35)22-24(16)38-21(33-22)12-32-26(36)27(31)6-8-37-9-7-27/h4-5,10-11,14H,2-3,6-9,12,30-31H2,1H3,(H,32,36). The summed E-state index contributed by atoms with van der Waals surface area (Å²) in [6.07, 6.45) is 2.45. The van der Waals surface area contributed by atoms with Crippen LogP contribution in [0.3, 0.4) is 0 Å². The van der Waals surface area contributed by atoms with E-state index in [-0.39, 0.29) is 52.3 Å². The number of pyridine rings is 1. The van der Waals surface area contributed by atoms with Crippen LogP contribution in [-0.2, 0) is 16.1 Å². The number of fused-ring (bicyclic) bond motifs is 3. The van der Waals surface area contributed by atoms with Gasteiger partial charge in [0.05, 0.1) is 23.3 Å². The first-order valence-electron chi connectivity index (χ1n) is 12.5. The summed E-state index contributed by atoms with van der Waals surface area (Å²) in [7, 11) is 0. The Bertz CT molecular complexity index is 1670. The topological polar surface area (TPSA) is 138 Å². The number of rotatable bonds is 5. The van der Waals surface area contributed by atoms with E-state index in [2.05, 4.69) is 10.3 Å². The number of oxazole rings is 1. The molecule has 1 saturated carbocycles. The first-order chi connectivity index (χ1) is 18.2. The number of nitrogens with one attached hydrogen (secondary N) is 1. The van der Waals surface area contributed by atoms with E-state index in [4.69, 9.17) is 20.6 Å². The van der Waals surface area contributed by atoms with E-state index in [1.165, 1.54) is 0 Å². The number of aryl methyl sites for hydroxylation is 1. The van der Waals surface area contributed by atoms with Crippen molar-refractivity contribution in [2.45, 2.75) is 50.7 Å². The molecule has 4 aromatic rings. The van der Waals surface area contributed by atoms with Gasteiger partial charge in [-0.05, 0) is 55.9 Å². The highest BCUT2D eigenvalue weighted by Crippen LogP contribution is 2.41. The first kappa shape index (κ1) is 24.5. The number of halogens is 2. The Morgan fingerprint density at radius 3 is 2.63 bits per heavy atom. The molecule has 0 spiro atoms. The number of carbonyl (C=O) groups is 1. The highest BCUT2D eigenvalue weighted by atomic mass is 19.1. The SMILES string of the molecule is Cc1c(-c2cc(F)c(N)cc2F)ccc2c3oc(CNC(=O)C4(N)CCOCC4)nc3c(=O)n(C3CC3)c12. The van der Waals surface area contributed by atoms with Crippen LogP contribution in [0.15, 0.2) is 33.5 Å². The van der Waals surface area contributed by atoms with Crippen LogP contribution < -0.4 is 22.3 Å². The minimum absolute atomic E-state index is 0.0261. The molecule has 1 saturated heterocycles. The summed E-state index contributed by atoms with van der Waals surface area (Å²) in [6.45, 7) is 2.55. The number of carbonyl (C=O) groups excluding carboxylic acids is 1. The highest BCUT2D eigenvalue weighted by molar-refractivity contribution is 6.04. The number of nitrogen functional groups attached to an aromatic ring is 1. The van der Waals surface area contributed by atoms with Gasteiger partial charge in [0.25, 0.3) is 5.56 Å². The molecule has 198 valence electrons. The van der Waals surface area contributed by atoms with Crippen molar-refractivity contribution < 1.29 is 22.7 Å². The van der Waals surface area contributed by atoms with Crippen molar-refractivity contribution in [2.75, 3.05) is 18.9 Å². The van der Waals surface area contributed by atoms with Crippen molar-refractivity contribution >= 4 is 33.6 Å². The summed E-state index contributed by atoms with van der Waals surface area (Å²) in [5.74, 6) is -1.55. The van der Waals surface area contributed by atoms with Gasteiger partial charge in [-0.25, -0.2) is 13.8 Å². The molecule has 1 aliphatic carbocycles. The number of anilines is 1. The number of amides is 1. The third kappa shape index (κ3) is 3.93. The van der Waals surface area contributed by atoms with Gasteiger partial charge in [-0.1, -0.05) is 6.07 Å². The average Bonchev–Trinajstić information content (AvgIpc) is 3.63. The van der Waals surface area contributed by atoms with Crippen LogP contribution in [0.2, 0.25) is 0 Å². The molecule has 1 aliphatic heterocycles. The quantitative estimate of drug-likeness (QED) is 0.341. The van der Waals surface area contributed by atoms with E-state index in [1.54, 1.807) is 23.6 Å². The lowest BCUT2D eigenvalue weighted by Gasteiger charge is -2.31. The molecule has 1 amide bonds. The van der Waals surface area contributed by atoms with Crippen molar-refractivity contribution in [3.05, 3.63) is 57.7 Å². The van der Waals surface area contributed by atoms with Crippen molar-refractivity contribution in [1.82, 2.24) is 14.9 Å². The number of hydrogen-bond acceptors (Lipinski definition) is 7. The summed E-state index contributed by atoms with van der Waals surface area (Å²) in [5, 5.41) is 3.39. The van der Waals surface area contributed by atoms with Crippen molar-refractivity contribution in [3.8, 4) is 11.1 Å². The summed E-state index contributed by atoms with van der Waals surface area (Å²) < 4.78 is 42.0. The number of benzene rings is 2. The van der Waals surface area contributed by atoms with Gasteiger partial charge in [0.2, 0.25) is 11.8 Å². The van der Waals surface area contributed by atoms with E-state index in [9.17, 15) is 18.4 Å². The molecule has 2 aromatic heterocycles. The lowest BCUT2D eigenvalue weighted by Crippen LogP contribution is -2.56. The lowest BCUT2D eigenvalue weighted by atomic mass is 9.90. The second-order valence-electron chi connectivity index (χ2n) is 10.1. The summed E-state index contributed by atoms with van der Waals surface area (Å²) in [4.78, 5) is 30.8. The van der Waals surface area contributed by atoms with Crippen LogP contribution in [0.4, 0.5) is 14.5 Å². The zero-order valence-corrected chi connectivity index (χ0v) is 20.8. The number of hydrogen-bond donors (Lipinski definition) is 3. The van der Waals surface area contributed by atoms with Crippen LogP contribution in [0, 0.1) is 18.6 Å². The van der Waals surface area contributed by atoms with Gasteiger partial charge in [-0.3, -0.25) is 9.59 Å². The van der Waals surface area contributed by atoms with Crippen molar-refractivity contribution in [3.63, 3.8) is 0 Å². The number of ether oxygens (including phenoxy) is 1. The summed E-state index contributed by atoms with van der Waals surface area (Å²) >= 11 is 0. The van der Waals surface area contributed by atoms with Gasteiger partial charge in [0.1, 0.15) is 11.6 Å². The fourth-order valence-corrected chi connectivity index (χ4v) is 5.21. The zero-order valence-electron chi connectivity index (χ0n) is 20.8. The van der Waals surface area contributed by atoms with Gasteiger partial charge in [0.15, 0.2) is 11.1 Å². The predicted octanol–water partition coefficient (Wildman–Crippen LogP) is 3.44. The zero-order chi connectivity index (χ0) is 26.8. The second-order valence-corrected chi connectivity index (χ2v) is 10.1. The van der Waals surface area contributed by atoms with Crippen molar-refractivity contribution in [2.24, 2.45) is 5.73 Å². The Kier molecular flexibility index (Phi) is 5.73. The van der Waals surface area contributed by atoms with Crippen LogP contribution in [0.25, 0.3) is 33.1 Å². The normalized spacial score (nSPS) is 17.3. The summed E-state index contributed by atoms with van der Waals surface area (Å²) in [5.41, 5.74) is 12.2. The molecule has 11 heteroatoms. The highest BCUT2D eigenvalue weighted by Gasteiger charge is 2.36. The second kappa shape index (κ2) is 8.88. The smallest absolute Gasteiger partial charge is 0.281 e. The van der Waals surface area contributed by atoms with Gasteiger partial charge in [-0.15, -0.1) is 0 Å². The van der Waals surface area contributed by atoms with E-state index in [1.807, 2.05) is 0 Å².